The summed E-state index contributed by atoms with van der Waals surface area (Å²) in [6.07, 6.45) is 1.43. The van der Waals surface area contributed by atoms with Crippen molar-refractivity contribution in [3.8, 4) is 22.5 Å². The summed E-state index contributed by atoms with van der Waals surface area (Å²) in [4.78, 5) is 44.0. The fraction of sp³-hybridized carbons (Fsp3) is 0.172. The number of H-pyrrole nitrogens is 1. The van der Waals surface area contributed by atoms with Crippen LogP contribution in [0.15, 0.2) is 91.0 Å². The Labute approximate surface area is 230 Å². The lowest BCUT2D eigenvalue weighted by atomic mass is 9.98. The molecule has 0 aliphatic rings. The highest BCUT2D eigenvalue weighted by Crippen LogP contribution is 2.30. The Hall–Kier alpha value is -4.28. The van der Waals surface area contributed by atoms with E-state index in [9.17, 15) is 14.4 Å². The van der Waals surface area contributed by atoms with Crippen LogP contribution in [0.5, 0.6) is 0 Å². The van der Waals surface area contributed by atoms with Gasteiger partial charge in [0, 0.05) is 21.9 Å². The lowest BCUT2D eigenvalue weighted by molar-refractivity contribution is 0.388. The Morgan fingerprint density at radius 1 is 0.923 bits per heavy atom. The molecule has 196 valence electrons. The number of fused-ring (bicyclic) bond motifs is 1. The van der Waals surface area contributed by atoms with E-state index in [1.165, 1.54) is 15.9 Å². The van der Waals surface area contributed by atoms with Gasteiger partial charge in [-0.15, -0.1) is 22.7 Å². The van der Waals surface area contributed by atoms with Crippen molar-refractivity contribution < 1.29 is 4.52 Å². The lowest BCUT2D eigenvalue weighted by Gasteiger charge is -2.13. The maximum atomic E-state index is 13.6. The molecule has 0 unspecified atom stereocenters. The summed E-state index contributed by atoms with van der Waals surface area (Å²) >= 11 is 3.13. The van der Waals surface area contributed by atoms with Gasteiger partial charge in [0.15, 0.2) is 5.82 Å². The smallest absolute Gasteiger partial charge is 0.296 e. The summed E-state index contributed by atoms with van der Waals surface area (Å²) in [5.74, 6) is -0.244. The van der Waals surface area contributed by atoms with Crippen LogP contribution in [0.25, 0.3) is 32.7 Å². The average molecular weight is 557 g/mol. The van der Waals surface area contributed by atoms with Gasteiger partial charge in [-0.1, -0.05) is 66.7 Å². The van der Waals surface area contributed by atoms with E-state index in [0.29, 0.717) is 35.6 Å². The van der Waals surface area contributed by atoms with Crippen LogP contribution >= 0.6 is 22.7 Å². The predicted octanol–water partition coefficient (Wildman–Crippen LogP) is 5.15. The van der Waals surface area contributed by atoms with Crippen molar-refractivity contribution in [2.75, 3.05) is 0 Å². The van der Waals surface area contributed by atoms with Crippen LogP contribution in [-0.4, -0.2) is 19.3 Å². The standard InChI is InChI=1S/C29H24N4O4S2/c1-2-20-16-24-26(34)32(14-13-21-6-5-15-38-21)29(36)33(27(24)39-20)17-18-9-11-19(12-10-18)22-7-3-4-8-23(22)25-30-28(35)37-31-25/h3-12,15-16H,2,13-14,17H2,1H3,(H,30,31,35). The SMILES string of the molecule is CCc1cc2c(=O)n(CCc3cccs3)c(=O)n(Cc3ccc(-c4ccccc4-c4noc(=O)[nH]4)cc3)c2s1. The van der Waals surface area contributed by atoms with Gasteiger partial charge in [-0.25, -0.2) is 9.59 Å². The second-order valence-corrected chi connectivity index (χ2v) is 11.3. The van der Waals surface area contributed by atoms with Crippen molar-refractivity contribution in [2.24, 2.45) is 0 Å². The fourth-order valence-corrected chi connectivity index (χ4v) is 6.47. The van der Waals surface area contributed by atoms with Crippen LogP contribution in [0, 0.1) is 0 Å². The van der Waals surface area contributed by atoms with Crippen molar-refractivity contribution in [3.05, 3.63) is 119 Å². The van der Waals surface area contributed by atoms with Gasteiger partial charge < -0.3 is 0 Å². The number of thiophene rings is 2. The molecular formula is C29H24N4O4S2. The summed E-state index contributed by atoms with van der Waals surface area (Å²) in [6, 6.07) is 21.4. The molecule has 6 rings (SSSR count). The Morgan fingerprint density at radius 2 is 1.72 bits per heavy atom. The lowest BCUT2D eigenvalue weighted by Crippen LogP contribution is -2.40. The third-order valence-electron chi connectivity index (χ3n) is 6.68. The number of aryl methyl sites for hydroxylation is 2. The van der Waals surface area contributed by atoms with E-state index in [-0.39, 0.29) is 11.2 Å². The summed E-state index contributed by atoms with van der Waals surface area (Å²) in [5, 5.41) is 6.42. The van der Waals surface area contributed by atoms with Gasteiger partial charge in [0.25, 0.3) is 5.56 Å². The molecular weight excluding hydrogens is 532 g/mol. The Balaban J connectivity index is 1.37. The van der Waals surface area contributed by atoms with Crippen LogP contribution < -0.4 is 17.0 Å². The highest BCUT2D eigenvalue weighted by molar-refractivity contribution is 7.18. The molecule has 0 spiro atoms. The molecule has 10 heteroatoms. The number of aromatic nitrogens is 4. The molecule has 4 aromatic heterocycles. The summed E-state index contributed by atoms with van der Waals surface area (Å²) < 4.78 is 7.78. The molecule has 8 nitrogen and oxygen atoms in total. The fourth-order valence-electron chi connectivity index (χ4n) is 4.70. The molecule has 0 amide bonds. The van der Waals surface area contributed by atoms with Crippen LogP contribution in [0.1, 0.15) is 22.2 Å². The van der Waals surface area contributed by atoms with Crippen LogP contribution in [0.4, 0.5) is 0 Å². The zero-order chi connectivity index (χ0) is 26.9. The first-order valence-corrected chi connectivity index (χ1v) is 14.2. The summed E-state index contributed by atoms with van der Waals surface area (Å²) in [7, 11) is 0. The van der Waals surface area contributed by atoms with Gasteiger partial charge in [0.2, 0.25) is 0 Å². The molecule has 1 N–H and O–H groups in total. The van der Waals surface area contributed by atoms with Crippen LogP contribution in [-0.2, 0) is 25.9 Å². The number of nitrogens with one attached hydrogen (secondary N) is 1. The number of hydrogen-bond donors (Lipinski definition) is 1. The number of rotatable bonds is 8. The van der Waals surface area contributed by atoms with Gasteiger partial charge >= 0.3 is 11.4 Å². The summed E-state index contributed by atoms with van der Waals surface area (Å²) in [5.41, 5.74) is 2.98. The number of benzene rings is 2. The quantitative estimate of drug-likeness (QED) is 0.279. The third-order valence-corrected chi connectivity index (χ3v) is 8.92. The van der Waals surface area contributed by atoms with E-state index in [1.54, 1.807) is 15.9 Å². The molecule has 0 bridgehead atoms. The van der Waals surface area contributed by atoms with Crippen molar-refractivity contribution in [1.82, 2.24) is 19.3 Å². The van der Waals surface area contributed by atoms with Gasteiger partial charge in [-0.3, -0.25) is 23.4 Å². The normalized spacial score (nSPS) is 11.4. The van der Waals surface area contributed by atoms with Crippen molar-refractivity contribution in [1.29, 1.82) is 0 Å². The Kier molecular flexibility index (Phi) is 6.72. The van der Waals surface area contributed by atoms with Crippen molar-refractivity contribution in [2.45, 2.75) is 32.9 Å². The van der Waals surface area contributed by atoms with Gasteiger partial charge in [-0.2, -0.15) is 0 Å². The molecule has 0 aliphatic carbocycles. The second-order valence-electron chi connectivity index (χ2n) is 9.13. The first-order chi connectivity index (χ1) is 19.0. The van der Waals surface area contributed by atoms with E-state index in [0.717, 1.165) is 38.4 Å². The van der Waals surface area contributed by atoms with E-state index in [4.69, 9.17) is 4.52 Å². The molecule has 0 aliphatic heterocycles. The molecule has 0 atom stereocenters. The Morgan fingerprint density at radius 3 is 2.41 bits per heavy atom. The van der Waals surface area contributed by atoms with Crippen LogP contribution in [0.3, 0.4) is 0 Å². The Bertz CT molecular complexity index is 1940. The maximum absolute atomic E-state index is 13.6. The van der Waals surface area contributed by atoms with Crippen molar-refractivity contribution >= 4 is 32.9 Å². The van der Waals surface area contributed by atoms with Gasteiger partial charge in [0.05, 0.1) is 11.9 Å². The minimum Gasteiger partial charge on any atom is -0.296 e. The topological polar surface area (TPSA) is 103 Å². The number of aromatic amines is 1. The van der Waals surface area contributed by atoms with E-state index >= 15 is 0 Å². The van der Waals surface area contributed by atoms with E-state index in [2.05, 4.69) is 10.1 Å². The van der Waals surface area contributed by atoms with E-state index in [1.807, 2.05) is 79.0 Å². The second kappa shape index (κ2) is 10.5. The monoisotopic (exact) mass is 556 g/mol. The average Bonchev–Trinajstić information content (AvgIpc) is 3.73. The van der Waals surface area contributed by atoms with Gasteiger partial charge in [0.1, 0.15) is 4.83 Å². The van der Waals surface area contributed by atoms with Gasteiger partial charge in [-0.05, 0) is 47.0 Å². The first-order valence-electron chi connectivity index (χ1n) is 12.5. The molecule has 0 saturated carbocycles. The zero-order valence-corrected chi connectivity index (χ0v) is 22.7. The molecule has 2 aromatic carbocycles. The molecule has 0 radical (unpaired) electrons. The minimum atomic E-state index is -0.608. The molecule has 0 fully saturated rings. The van der Waals surface area contributed by atoms with E-state index < -0.39 is 5.76 Å². The zero-order valence-electron chi connectivity index (χ0n) is 21.0. The largest absolute Gasteiger partial charge is 0.439 e. The third kappa shape index (κ3) is 4.84. The molecule has 0 saturated heterocycles. The van der Waals surface area contributed by atoms with Crippen LogP contribution in [0.2, 0.25) is 0 Å². The molecule has 39 heavy (non-hydrogen) atoms. The molecule has 4 heterocycles. The van der Waals surface area contributed by atoms with Crippen molar-refractivity contribution in [3.63, 3.8) is 0 Å². The molecule has 6 aromatic rings. The first kappa shape index (κ1) is 25.0. The minimum absolute atomic E-state index is 0.225. The highest BCUT2D eigenvalue weighted by Gasteiger charge is 2.17. The maximum Gasteiger partial charge on any atom is 0.439 e. The number of nitrogens with zero attached hydrogens (tertiary/aromatic N) is 3. The predicted molar refractivity (Wildman–Crippen MR) is 155 cm³/mol. The number of hydrogen-bond acceptors (Lipinski definition) is 7. The summed E-state index contributed by atoms with van der Waals surface area (Å²) in [6.45, 7) is 2.73. The highest BCUT2D eigenvalue weighted by atomic mass is 32.1.